The van der Waals surface area contributed by atoms with Gasteiger partial charge in [-0.1, -0.05) is 0 Å². The third-order valence-corrected chi connectivity index (χ3v) is 1.79. The van der Waals surface area contributed by atoms with Gasteiger partial charge >= 0.3 is 0 Å². The van der Waals surface area contributed by atoms with Gasteiger partial charge in [-0.05, 0) is 25.5 Å². The smallest absolute Gasteiger partial charge is 0.127 e. The molecule has 0 radical (unpaired) electrons. The van der Waals surface area contributed by atoms with Crippen LogP contribution in [0, 0.1) is 11.3 Å². The number of aromatic nitrogens is 1. The van der Waals surface area contributed by atoms with Gasteiger partial charge in [0.2, 0.25) is 0 Å². The second-order valence-electron chi connectivity index (χ2n) is 3.23. The van der Waals surface area contributed by atoms with E-state index in [4.69, 9.17) is 11.0 Å². The third-order valence-electron chi connectivity index (χ3n) is 1.79. The van der Waals surface area contributed by atoms with Crippen LogP contribution in [0.4, 0.5) is 5.82 Å². The first-order valence-electron chi connectivity index (χ1n) is 4.58. The van der Waals surface area contributed by atoms with Gasteiger partial charge in [-0.15, -0.1) is 0 Å². The van der Waals surface area contributed by atoms with Gasteiger partial charge in [0.15, 0.2) is 0 Å². The molecule has 3 N–H and O–H groups in total. The summed E-state index contributed by atoms with van der Waals surface area (Å²) in [6, 6.07) is 5.64. The molecule has 0 aromatic carbocycles. The highest BCUT2D eigenvalue weighted by Crippen LogP contribution is 2.05. The standard InChI is InChI=1S/C10H14N4/c1-8(12)2-4-13-10-6-9(7-11)3-5-14-10/h3,5-6,8H,2,4,12H2,1H3,(H,13,14). The molecule has 74 valence electrons. The predicted octanol–water partition coefficient (Wildman–Crippen LogP) is 1.10. The fraction of sp³-hybridized carbons (Fsp3) is 0.400. The minimum absolute atomic E-state index is 0.182. The van der Waals surface area contributed by atoms with Crippen LogP contribution in [0.5, 0.6) is 0 Å². The molecule has 1 rings (SSSR count). The van der Waals surface area contributed by atoms with Crippen molar-refractivity contribution in [1.29, 1.82) is 5.26 Å². The van der Waals surface area contributed by atoms with Crippen LogP contribution in [0.15, 0.2) is 18.3 Å². The number of anilines is 1. The summed E-state index contributed by atoms with van der Waals surface area (Å²) < 4.78 is 0. The number of rotatable bonds is 4. The van der Waals surface area contributed by atoms with Crippen molar-refractivity contribution in [1.82, 2.24) is 4.98 Å². The molecule has 0 aliphatic heterocycles. The van der Waals surface area contributed by atoms with Gasteiger partial charge in [-0.25, -0.2) is 4.98 Å². The number of nitrogens with zero attached hydrogens (tertiary/aromatic N) is 2. The first kappa shape index (κ1) is 10.5. The molecule has 14 heavy (non-hydrogen) atoms. The molecule has 1 aromatic heterocycles. The zero-order chi connectivity index (χ0) is 10.4. The van der Waals surface area contributed by atoms with Crippen molar-refractivity contribution in [3.05, 3.63) is 23.9 Å². The van der Waals surface area contributed by atoms with Crippen molar-refractivity contribution in [3.63, 3.8) is 0 Å². The van der Waals surface area contributed by atoms with Gasteiger partial charge < -0.3 is 11.1 Å². The van der Waals surface area contributed by atoms with Crippen molar-refractivity contribution >= 4 is 5.82 Å². The molecule has 0 fully saturated rings. The largest absolute Gasteiger partial charge is 0.370 e. The Labute approximate surface area is 83.8 Å². The molecular weight excluding hydrogens is 176 g/mol. The first-order chi connectivity index (χ1) is 6.72. The Morgan fingerprint density at radius 3 is 3.14 bits per heavy atom. The Balaban J connectivity index is 2.47. The van der Waals surface area contributed by atoms with Crippen molar-refractivity contribution in [2.75, 3.05) is 11.9 Å². The third kappa shape index (κ3) is 3.42. The molecule has 1 aromatic rings. The lowest BCUT2D eigenvalue weighted by Crippen LogP contribution is -2.19. The van der Waals surface area contributed by atoms with E-state index in [9.17, 15) is 0 Å². The van der Waals surface area contributed by atoms with Gasteiger partial charge in [0.25, 0.3) is 0 Å². The Bertz CT molecular complexity index is 327. The normalized spacial score (nSPS) is 11.8. The van der Waals surface area contributed by atoms with Crippen LogP contribution < -0.4 is 11.1 Å². The monoisotopic (exact) mass is 190 g/mol. The summed E-state index contributed by atoms with van der Waals surface area (Å²) in [5, 5.41) is 11.8. The highest BCUT2D eigenvalue weighted by atomic mass is 15.0. The van der Waals surface area contributed by atoms with E-state index in [-0.39, 0.29) is 6.04 Å². The summed E-state index contributed by atoms with van der Waals surface area (Å²) in [7, 11) is 0. The Hall–Kier alpha value is -1.60. The average Bonchev–Trinajstić information content (AvgIpc) is 2.18. The maximum absolute atomic E-state index is 8.65. The van der Waals surface area contributed by atoms with Gasteiger partial charge in [0.1, 0.15) is 5.82 Å². The molecule has 0 saturated carbocycles. The van der Waals surface area contributed by atoms with Crippen LogP contribution in [0.1, 0.15) is 18.9 Å². The van der Waals surface area contributed by atoms with E-state index in [1.54, 1.807) is 18.3 Å². The van der Waals surface area contributed by atoms with E-state index in [0.29, 0.717) is 5.56 Å². The molecule has 0 amide bonds. The maximum Gasteiger partial charge on any atom is 0.127 e. The fourth-order valence-corrected chi connectivity index (χ4v) is 1.02. The number of hydrogen-bond acceptors (Lipinski definition) is 4. The number of nitrogens with one attached hydrogen (secondary N) is 1. The minimum Gasteiger partial charge on any atom is -0.370 e. The summed E-state index contributed by atoms with van der Waals surface area (Å²) in [6.45, 7) is 2.74. The Morgan fingerprint density at radius 1 is 1.71 bits per heavy atom. The Kier molecular flexibility index (Phi) is 3.89. The zero-order valence-electron chi connectivity index (χ0n) is 8.20. The molecule has 4 heteroatoms. The predicted molar refractivity (Wildman–Crippen MR) is 55.7 cm³/mol. The highest BCUT2D eigenvalue weighted by Gasteiger charge is 1.97. The van der Waals surface area contributed by atoms with E-state index in [1.807, 2.05) is 6.92 Å². The lowest BCUT2D eigenvalue weighted by atomic mass is 10.2. The van der Waals surface area contributed by atoms with E-state index in [0.717, 1.165) is 18.8 Å². The quantitative estimate of drug-likeness (QED) is 0.745. The molecule has 0 bridgehead atoms. The maximum atomic E-state index is 8.65. The lowest BCUT2D eigenvalue weighted by Gasteiger charge is -2.07. The first-order valence-corrected chi connectivity index (χ1v) is 4.58. The minimum atomic E-state index is 0.182. The van der Waals surface area contributed by atoms with E-state index >= 15 is 0 Å². The zero-order valence-corrected chi connectivity index (χ0v) is 8.20. The van der Waals surface area contributed by atoms with E-state index in [2.05, 4.69) is 16.4 Å². The SMILES string of the molecule is CC(N)CCNc1cc(C#N)ccn1. The van der Waals surface area contributed by atoms with E-state index < -0.39 is 0 Å². The van der Waals surface area contributed by atoms with Crippen LogP contribution in [-0.4, -0.2) is 17.6 Å². The van der Waals surface area contributed by atoms with Gasteiger partial charge in [0, 0.05) is 18.8 Å². The summed E-state index contributed by atoms with van der Waals surface area (Å²) in [5.41, 5.74) is 6.21. The second-order valence-corrected chi connectivity index (χ2v) is 3.23. The molecule has 0 saturated heterocycles. The van der Waals surface area contributed by atoms with Crippen molar-refractivity contribution < 1.29 is 0 Å². The molecule has 1 heterocycles. The average molecular weight is 190 g/mol. The van der Waals surface area contributed by atoms with Crippen LogP contribution in [0.25, 0.3) is 0 Å². The van der Waals surface area contributed by atoms with Crippen LogP contribution in [0.3, 0.4) is 0 Å². The molecular formula is C10H14N4. The van der Waals surface area contributed by atoms with Crippen molar-refractivity contribution in [3.8, 4) is 6.07 Å². The summed E-state index contributed by atoms with van der Waals surface area (Å²) in [5.74, 6) is 0.727. The summed E-state index contributed by atoms with van der Waals surface area (Å²) >= 11 is 0. The molecule has 1 unspecified atom stereocenters. The molecule has 1 atom stereocenters. The molecule has 0 aliphatic rings. The van der Waals surface area contributed by atoms with Gasteiger partial charge in [0.05, 0.1) is 11.6 Å². The summed E-state index contributed by atoms with van der Waals surface area (Å²) in [6.07, 6.45) is 2.51. The fourth-order valence-electron chi connectivity index (χ4n) is 1.02. The van der Waals surface area contributed by atoms with Crippen LogP contribution >= 0.6 is 0 Å². The van der Waals surface area contributed by atoms with Crippen molar-refractivity contribution in [2.45, 2.75) is 19.4 Å². The van der Waals surface area contributed by atoms with Gasteiger partial charge in [-0.3, -0.25) is 0 Å². The highest BCUT2D eigenvalue weighted by molar-refractivity contribution is 5.42. The van der Waals surface area contributed by atoms with Crippen LogP contribution in [-0.2, 0) is 0 Å². The molecule has 0 spiro atoms. The number of pyridine rings is 1. The van der Waals surface area contributed by atoms with Crippen molar-refractivity contribution in [2.24, 2.45) is 5.73 Å². The molecule has 4 nitrogen and oxygen atoms in total. The number of nitriles is 1. The lowest BCUT2D eigenvalue weighted by molar-refractivity contribution is 0.689. The summed E-state index contributed by atoms with van der Waals surface area (Å²) in [4.78, 5) is 4.08. The van der Waals surface area contributed by atoms with Crippen LogP contribution in [0.2, 0.25) is 0 Å². The Morgan fingerprint density at radius 2 is 2.50 bits per heavy atom. The topological polar surface area (TPSA) is 74.7 Å². The van der Waals surface area contributed by atoms with E-state index in [1.165, 1.54) is 0 Å². The second kappa shape index (κ2) is 5.20. The number of hydrogen-bond donors (Lipinski definition) is 2. The molecule has 0 aliphatic carbocycles. The van der Waals surface area contributed by atoms with Gasteiger partial charge in [-0.2, -0.15) is 5.26 Å². The number of nitrogens with two attached hydrogens (primary N) is 1.